The molecule has 1 amide bonds. The fraction of sp³-hybridized carbons (Fsp3) is 0.118. The minimum absolute atomic E-state index is 0.0752. The molecule has 0 fully saturated rings. The molecule has 0 bridgehead atoms. The first kappa shape index (κ1) is 12.5. The lowest BCUT2D eigenvalue weighted by Crippen LogP contribution is -2.03. The molecule has 0 saturated carbocycles. The van der Waals surface area contributed by atoms with Gasteiger partial charge in [-0.05, 0) is 36.8 Å². The van der Waals surface area contributed by atoms with Crippen molar-refractivity contribution >= 4 is 23.2 Å². The van der Waals surface area contributed by atoms with Gasteiger partial charge in [-0.2, -0.15) is 0 Å². The number of nitrogens with one attached hydrogen (secondary N) is 1. The highest BCUT2D eigenvalue weighted by molar-refractivity contribution is 6.35. The van der Waals surface area contributed by atoms with Crippen molar-refractivity contribution in [2.75, 3.05) is 12.4 Å². The molecule has 0 atom stereocenters. The summed E-state index contributed by atoms with van der Waals surface area (Å²) in [4.78, 5) is 12.1. The zero-order chi connectivity index (χ0) is 14.1. The Morgan fingerprint density at radius 1 is 1.10 bits per heavy atom. The van der Waals surface area contributed by atoms with Crippen molar-refractivity contribution in [3.8, 4) is 5.75 Å². The number of anilines is 1. The maximum Gasteiger partial charge on any atom is 0.256 e. The van der Waals surface area contributed by atoms with Crippen LogP contribution in [-0.2, 0) is 4.79 Å². The van der Waals surface area contributed by atoms with Gasteiger partial charge in [-0.25, -0.2) is 0 Å². The van der Waals surface area contributed by atoms with Gasteiger partial charge in [0.2, 0.25) is 0 Å². The number of rotatable bonds is 2. The second-order valence-electron chi connectivity index (χ2n) is 4.83. The molecule has 20 heavy (non-hydrogen) atoms. The van der Waals surface area contributed by atoms with Gasteiger partial charge >= 0.3 is 0 Å². The minimum atomic E-state index is -0.0752. The van der Waals surface area contributed by atoms with Crippen molar-refractivity contribution in [3.05, 3.63) is 59.2 Å². The average molecular weight is 265 g/mol. The largest absolute Gasteiger partial charge is 0.497 e. The molecule has 3 nitrogen and oxygen atoms in total. The molecule has 1 N–H and O–H groups in total. The van der Waals surface area contributed by atoms with Crippen LogP contribution in [0.2, 0.25) is 0 Å². The summed E-state index contributed by atoms with van der Waals surface area (Å²) in [6.45, 7) is 2.04. The van der Waals surface area contributed by atoms with Crippen LogP contribution in [0, 0.1) is 6.92 Å². The van der Waals surface area contributed by atoms with Crippen LogP contribution in [0.5, 0.6) is 5.75 Å². The third kappa shape index (κ3) is 2.18. The highest BCUT2D eigenvalue weighted by Gasteiger charge is 2.24. The lowest BCUT2D eigenvalue weighted by Gasteiger charge is -2.03. The van der Waals surface area contributed by atoms with Crippen molar-refractivity contribution in [2.45, 2.75) is 6.92 Å². The molecule has 2 aromatic rings. The number of hydrogen-bond donors (Lipinski definition) is 1. The Hall–Kier alpha value is -2.55. The molecule has 1 heterocycles. The number of carbonyl (C=O) groups excluding carboxylic acids is 1. The van der Waals surface area contributed by atoms with E-state index in [2.05, 4.69) is 5.32 Å². The lowest BCUT2D eigenvalue weighted by atomic mass is 10.0. The Balaban J connectivity index is 2.06. The molecule has 2 aromatic carbocycles. The van der Waals surface area contributed by atoms with Gasteiger partial charge in [0.05, 0.1) is 7.11 Å². The minimum Gasteiger partial charge on any atom is -0.497 e. The van der Waals surface area contributed by atoms with Crippen LogP contribution in [0.3, 0.4) is 0 Å². The van der Waals surface area contributed by atoms with E-state index < -0.39 is 0 Å². The molecule has 1 aliphatic heterocycles. The van der Waals surface area contributed by atoms with Gasteiger partial charge in [0.1, 0.15) is 5.75 Å². The summed E-state index contributed by atoms with van der Waals surface area (Å²) in [6, 6.07) is 13.7. The number of ether oxygens (including phenoxy) is 1. The van der Waals surface area contributed by atoms with E-state index in [0.29, 0.717) is 5.57 Å². The first-order chi connectivity index (χ1) is 9.67. The van der Waals surface area contributed by atoms with E-state index in [0.717, 1.165) is 22.6 Å². The van der Waals surface area contributed by atoms with Crippen molar-refractivity contribution in [2.24, 2.45) is 0 Å². The van der Waals surface area contributed by atoms with Crippen LogP contribution >= 0.6 is 0 Å². The molecular formula is C17H15NO2. The van der Waals surface area contributed by atoms with E-state index in [1.807, 2.05) is 55.5 Å². The zero-order valence-corrected chi connectivity index (χ0v) is 11.4. The molecule has 0 unspecified atom stereocenters. The predicted molar refractivity (Wildman–Crippen MR) is 80.7 cm³/mol. The zero-order valence-electron chi connectivity index (χ0n) is 11.4. The maximum absolute atomic E-state index is 12.1. The number of hydrogen-bond acceptors (Lipinski definition) is 2. The first-order valence-electron chi connectivity index (χ1n) is 6.45. The summed E-state index contributed by atoms with van der Waals surface area (Å²) >= 11 is 0. The summed E-state index contributed by atoms with van der Waals surface area (Å²) in [6.07, 6.45) is 1.90. The molecule has 1 aliphatic rings. The predicted octanol–water partition coefficient (Wildman–Crippen LogP) is 3.50. The molecule has 100 valence electrons. The molecule has 0 aliphatic carbocycles. The first-order valence-corrected chi connectivity index (χ1v) is 6.45. The van der Waals surface area contributed by atoms with E-state index in [-0.39, 0.29) is 5.91 Å². The van der Waals surface area contributed by atoms with Gasteiger partial charge < -0.3 is 10.1 Å². The van der Waals surface area contributed by atoms with Gasteiger partial charge in [-0.3, -0.25) is 4.79 Å². The Kier molecular flexibility index (Phi) is 3.03. The smallest absolute Gasteiger partial charge is 0.256 e. The molecule has 0 aromatic heterocycles. The Morgan fingerprint density at radius 3 is 2.55 bits per heavy atom. The third-order valence-electron chi connectivity index (χ3n) is 3.40. The Morgan fingerprint density at radius 2 is 1.85 bits per heavy atom. The fourth-order valence-corrected chi connectivity index (χ4v) is 2.27. The van der Waals surface area contributed by atoms with Crippen LogP contribution in [-0.4, -0.2) is 13.0 Å². The van der Waals surface area contributed by atoms with Crippen molar-refractivity contribution in [1.29, 1.82) is 0 Å². The molecule has 3 heteroatoms. The average Bonchev–Trinajstić information content (AvgIpc) is 2.77. The molecular weight excluding hydrogens is 250 g/mol. The van der Waals surface area contributed by atoms with Crippen LogP contribution in [0.25, 0.3) is 11.6 Å². The third-order valence-corrected chi connectivity index (χ3v) is 3.40. The molecule has 0 spiro atoms. The molecule has 0 radical (unpaired) electrons. The molecule has 0 saturated heterocycles. The van der Waals surface area contributed by atoms with Crippen molar-refractivity contribution in [3.63, 3.8) is 0 Å². The second-order valence-corrected chi connectivity index (χ2v) is 4.83. The van der Waals surface area contributed by atoms with Crippen molar-refractivity contribution in [1.82, 2.24) is 0 Å². The highest BCUT2D eigenvalue weighted by Crippen LogP contribution is 2.35. The fourth-order valence-electron chi connectivity index (χ4n) is 2.27. The summed E-state index contributed by atoms with van der Waals surface area (Å²) in [5.74, 6) is 0.670. The molecule has 3 rings (SSSR count). The van der Waals surface area contributed by atoms with Crippen molar-refractivity contribution < 1.29 is 9.53 Å². The number of amides is 1. The number of carbonyl (C=O) groups is 1. The summed E-state index contributed by atoms with van der Waals surface area (Å²) in [7, 11) is 1.62. The highest BCUT2D eigenvalue weighted by atomic mass is 16.5. The monoisotopic (exact) mass is 265 g/mol. The van der Waals surface area contributed by atoms with Gasteiger partial charge in [-0.15, -0.1) is 0 Å². The number of fused-ring (bicyclic) bond motifs is 1. The van der Waals surface area contributed by atoms with Gasteiger partial charge in [0.25, 0.3) is 5.91 Å². The summed E-state index contributed by atoms with van der Waals surface area (Å²) < 4.78 is 5.22. The van der Waals surface area contributed by atoms with Gasteiger partial charge in [0, 0.05) is 16.8 Å². The lowest BCUT2D eigenvalue weighted by molar-refractivity contribution is -0.110. The summed E-state index contributed by atoms with van der Waals surface area (Å²) in [5, 5.41) is 2.87. The summed E-state index contributed by atoms with van der Waals surface area (Å²) in [5.41, 5.74) is 4.59. The van der Waals surface area contributed by atoms with E-state index >= 15 is 0 Å². The van der Waals surface area contributed by atoms with E-state index in [1.165, 1.54) is 5.56 Å². The van der Waals surface area contributed by atoms with Crippen LogP contribution in [0.4, 0.5) is 5.69 Å². The van der Waals surface area contributed by atoms with Gasteiger partial charge in [-0.1, -0.05) is 29.8 Å². The standard InChI is InChI=1S/C17H15NO2/c1-11-3-5-12(6-4-11)9-15-14-10-13(20-2)7-8-16(14)18-17(15)19/h3-10H,1-2H3,(H,18,19)/b15-9+. The number of aryl methyl sites for hydroxylation is 1. The Bertz CT molecular complexity index is 699. The van der Waals surface area contributed by atoms with Crippen LogP contribution in [0.15, 0.2) is 42.5 Å². The maximum atomic E-state index is 12.1. The SMILES string of the molecule is COc1ccc2c(c1)/C(=C\c1ccc(C)cc1)C(=O)N2. The normalized spacial score (nSPS) is 15.1. The quantitative estimate of drug-likeness (QED) is 0.844. The van der Waals surface area contributed by atoms with E-state index in [9.17, 15) is 4.79 Å². The van der Waals surface area contributed by atoms with Crippen LogP contribution in [0.1, 0.15) is 16.7 Å². The van der Waals surface area contributed by atoms with Gasteiger partial charge in [0.15, 0.2) is 0 Å². The van der Waals surface area contributed by atoms with Crippen LogP contribution < -0.4 is 10.1 Å². The Labute approximate surface area is 117 Å². The second kappa shape index (κ2) is 4.85. The number of benzene rings is 2. The van der Waals surface area contributed by atoms with E-state index in [4.69, 9.17) is 4.74 Å². The van der Waals surface area contributed by atoms with E-state index in [1.54, 1.807) is 7.11 Å². The number of methoxy groups -OCH3 is 1. The topological polar surface area (TPSA) is 38.3 Å².